The highest BCUT2D eigenvalue weighted by Crippen LogP contribution is 2.34. The number of anilines is 1. The number of carboxylic acid groups (broad SMARTS) is 1. The van der Waals surface area contributed by atoms with E-state index in [9.17, 15) is 4.79 Å². The molecule has 0 unspecified atom stereocenters. The van der Waals surface area contributed by atoms with E-state index in [0.717, 1.165) is 19.4 Å². The molecular formula is C12H15NO2. The molecule has 0 radical (unpaired) electrons. The Bertz CT molecular complexity index is 362. The first-order valence-corrected chi connectivity index (χ1v) is 5.32. The third kappa shape index (κ3) is 2.29. The molecule has 2 rings (SSSR count). The molecule has 15 heavy (non-hydrogen) atoms. The van der Waals surface area contributed by atoms with Crippen molar-refractivity contribution in [1.82, 2.24) is 0 Å². The van der Waals surface area contributed by atoms with Gasteiger partial charge in [-0.05, 0) is 30.4 Å². The molecular weight excluding hydrogens is 190 g/mol. The minimum Gasteiger partial charge on any atom is -0.481 e. The minimum atomic E-state index is -0.703. The van der Waals surface area contributed by atoms with Gasteiger partial charge in [-0.15, -0.1) is 0 Å². The molecule has 0 aliphatic carbocycles. The largest absolute Gasteiger partial charge is 0.481 e. The number of hydrogen-bond donors (Lipinski definition) is 2. The number of fused-ring (bicyclic) bond motifs is 1. The van der Waals surface area contributed by atoms with Gasteiger partial charge in [0.05, 0.1) is 0 Å². The molecule has 1 aromatic carbocycles. The lowest BCUT2D eigenvalue weighted by molar-refractivity contribution is -0.137. The fourth-order valence-corrected chi connectivity index (χ4v) is 2.15. The van der Waals surface area contributed by atoms with Gasteiger partial charge in [0.1, 0.15) is 0 Å². The van der Waals surface area contributed by atoms with Crippen LogP contribution in [0.4, 0.5) is 5.69 Å². The Balaban J connectivity index is 2.11. The van der Waals surface area contributed by atoms with E-state index in [2.05, 4.69) is 17.4 Å². The van der Waals surface area contributed by atoms with E-state index in [-0.39, 0.29) is 6.42 Å². The number of carboxylic acids is 1. The van der Waals surface area contributed by atoms with Crippen LogP contribution in [0.5, 0.6) is 0 Å². The topological polar surface area (TPSA) is 49.3 Å². The van der Waals surface area contributed by atoms with Crippen molar-refractivity contribution in [2.75, 3.05) is 11.9 Å². The Morgan fingerprint density at radius 1 is 1.47 bits per heavy atom. The molecule has 1 atom stereocenters. The summed E-state index contributed by atoms with van der Waals surface area (Å²) in [6.07, 6.45) is 2.04. The quantitative estimate of drug-likeness (QED) is 0.796. The molecule has 80 valence electrons. The number of carbonyl (C=O) groups is 1. The number of para-hydroxylation sites is 1. The number of nitrogens with one attached hydrogen (secondary N) is 1. The highest BCUT2D eigenvalue weighted by Gasteiger charge is 2.19. The van der Waals surface area contributed by atoms with Gasteiger partial charge >= 0.3 is 5.97 Å². The number of rotatable bonds is 3. The SMILES string of the molecule is O=C(O)CC[C@H]1CCNc2ccccc21. The summed E-state index contributed by atoms with van der Waals surface area (Å²) in [5.41, 5.74) is 2.43. The summed E-state index contributed by atoms with van der Waals surface area (Å²) in [6, 6.07) is 8.17. The van der Waals surface area contributed by atoms with Gasteiger partial charge in [-0.25, -0.2) is 0 Å². The molecule has 1 aromatic rings. The van der Waals surface area contributed by atoms with Crippen LogP contribution < -0.4 is 5.32 Å². The van der Waals surface area contributed by atoms with E-state index in [4.69, 9.17) is 5.11 Å². The summed E-state index contributed by atoms with van der Waals surface area (Å²) in [4.78, 5) is 10.5. The number of benzene rings is 1. The highest BCUT2D eigenvalue weighted by atomic mass is 16.4. The molecule has 0 amide bonds. The molecule has 2 N–H and O–H groups in total. The molecule has 0 spiro atoms. The average Bonchev–Trinajstić information content (AvgIpc) is 2.26. The molecule has 1 heterocycles. The molecule has 0 aromatic heterocycles. The van der Waals surface area contributed by atoms with Gasteiger partial charge in [0, 0.05) is 18.7 Å². The summed E-state index contributed by atoms with van der Waals surface area (Å²) in [5.74, 6) is -0.301. The molecule has 0 fully saturated rings. The van der Waals surface area contributed by atoms with Crippen LogP contribution in [0, 0.1) is 0 Å². The summed E-state index contributed by atoms with van der Waals surface area (Å²) < 4.78 is 0. The predicted octanol–water partition coefficient (Wildman–Crippen LogP) is 2.45. The first kappa shape index (κ1) is 10.0. The first-order chi connectivity index (χ1) is 7.27. The second kappa shape index (κ2) is 4.34. The fourth-order valence-electron chi connectivity index (χ4n) is 2.15. The molecule has 0 saturated heterocycles. The lowest BCUT2D eigenvalue weighted by Gasteiger charge is -2.26. The van der Waals surface area contributed by atoms with Crippen molar-refractivity contribution < 1.29 is 9.90 Å². The third-order valence-corrected chi connectivity index (χ3v) is 2.92. The predicted molar refractivity (Wildman–Crippen MR) is 59.2 cm³/mol. The Labute approximate surface area is 89.1 Å². The second-order valence-electron chi connectivity index (χ2n) is 3.93. The van der Waals surface area contributed by atoms with Crippen LogP contribution >= 0.6 is 0 Å². The van der Waals surface area contributed by atoms with E-state index >= 15 is 0 Å². The van der Waals surface area contributed by atoms with Crippen molar-refractivity contribution in [3.8, 4) is 0 Å². The molecule has 1 aliphatic heterocycles. The van der Waals surface area contributed by atoms with Gasteiger partial charge in [0.15, 0.2) is 0 Å². The van der Waals surface area contributed by atoms with E-state index in [0.29, 0.717) is 5.92 Å². The molecule has 3 heteroatoms. The lowest BCUT2D eigenvalue weighted by Crippen LogP contribution is -2.17. The zero-order chi connectivity index (χ0) is 10.7. The minimum absolute atomic E-state index is 0.263. The van der Waals surface area contributed by atoms with Crippen LogP contribution in [0.1, 0.15) is 30.7 Å². The van der Waals surface area contributed by atoms with Crippen molar-refractivity contribution in [2.45, 2.75) is 25.2 Å². The highest BCUT2D eigenvalue weighted by molar-refractivity contribution is 5.67. The van der Waals surface area contributed by atoms with Crippen molar-refractivity contribution in [3.63, 3.8) is 0 Å². The van der Waals surface area contributed by atoms with Crippen LogP contribution in [0.15, 0.2) is 24.3 Å². The normalized spacial score (nSPS) is 19.1. The Kier molecular flexibility index (Phi) is 2.90. The van der Waals surface area contributed by atoms with Crippen LogP contribution in [-0.2, 0) is 4.79 Å². The first-order valence-electron chi connectivity index (χ1n) is 5.32. The van der Waals surface area contributed by atoms with Gasteiger partial charge in [0.25, 0.3) is 0 Å². The molecule has 3 nitrogen and oxygen atoms in total. The van der Waals surface area contributed by atoms with Crippen LogP contribution in [-0.4, -0.2) is 17.6 Å². The smallest absolute Gasteiger partial charge is 0.303 e. The van der Waals surface area contributed by atoms with E-state index in [1.54, 1.807) is 0 Å². The Morgan fingerprint density at radius 2 is 2.27 bits per heavy atom. The monoisotopic (exact) mass is 205 g/mol. The van der Waals surface area contributed by atoms with Crippen LogP contribution in [0.25, 0.3) is 0 Å². The maximum Gasteiger partial charge on any atom is 0.303 e. The maximum absolute atomic E-state index is 10.5. The summed E-state index contributed by atoms with van der Waals surface area (Å²) in [7, 11) is 0. The Morgan fingerprint density at radius 3 is 3.07 bits per heavy atom. The van der Waals surface area contributed by atoms with Crippen LogP contribution in [0.3, 0.4) is 0 Å². The fraction of sp³-hybridized carbons (Fsp3) is 0.417. The average molecular weight is 205 g/mol. The van der Waals surface area contributed by atoms with Crippen molar-refractivity contribution in [1.29, 1.82) is 0 Å². The van der Waals surface area contributed by atoms with Crippen molar-refractivity contribution >= 4 is 11.7 Å². The van der Waals surface area contributed by atoms with E-state index in [1.807, 2.05) is 12.1 Å². The summed E-state index contributed by atoms with van der Waals surface area (Å²) in [5, 5.41) is 12.0. The Hall–Kier alpha value is -1.51. The standard InChI is InChI=1S/C12H15NO2/c14-12(15)6-5-9-7-8-13-11-4-2-1-3-10(9)11/h1-4,9,13H,5-8H2,(H,14,15)/t9-/m0/s1. The van der Waals surface area contributed by atoms with Gasteiger partial charge in [-0.3, -0.25) is 4.79 Å². The summed E-state index contributed by atoms with van der Waals surface area (Å²) in [6.45, 7) is 0.946. The molecule has 1 aliphatic rings. The van der Waals surface area contributed by atoms with Crippen LogP contribution in [0.2, 0.25) is 0 Å². The summed E-state index contributed by atoms with van der Waals surface area (Å²) >= 11 is 0. The van der Waals surface area contributed by atoms with Gasteiger partial charge in [-0.2, -0.15) is 0 Å². The molecule has 0 bridgehead atoms. The third-order valence-electron chi connectivity index (χ3n) is 2.92. The zero-order valence-corrected chi connectivity index (χ0v) is 8.57. The van der Waals surface area contributed by atoms with Gasteiger partial charge in [-0.1, -0.05) is 18.2 Å². The maximum atomic E-state index is 10.5. The van der Waals surface area contributed by atoms with E-state index < -0.39 is 5.97 Å². The molecule has 0 saturated carbocycles. The van der Waals surface area contributed by atoms with Crippen molar-refractivity contribution in [2.24, 2.45) is 0 Å². The van der Waals surface area contributed by atoms with Gasteiger partial charge < -0.3 is 10.4 Å². The number of aliphatic carboxylic acids is 1. The van der Waals surface area contributed by atoms with E-state index in [1.165, 1.54) is 11.3 Å². The second-order valence-corrected chi connectivity index (χ2v) is 3.93. The van der Waals surface area contributed by atoms with Gasteiger partial charge in [0.2, 0.25) is 0 Å². The van der Waals surface area contributed by atoms with Crippen molar-refractivity contribution in [3.05, 3.63) is 29.8 Å². The number of hydrogen-bond acceptors (Lipinski definition) is 2. The lowest BCUT2D eigenvalue weighted by atomic mass is 9.87. The zero-order valence-electron chi connectivity index (χ0n) is 8.57.